The summed E-state index contributed by atoms with van der Waals surface area (Å²) in [6.07, 6.45) is 0.798. The van der Waals surface area contributed by atoms with Crippen LogP contribution in [0, 0.1) is 0 Å². The molecule has 1 rings (SSSR count). The van der Waals surface area contributed by atoms with Crippen molar-refractivity contribution in [1.29, 1.82) is 0 Å². The number of carbonyl (C=O) groups excluding carboxylic acids is 2. The van der Waals surface area contributed by atoms with Crippen LogP contribution in [-0.4, -0.2) is 55.8 Å². The molecule has 7 nitrogen and oxygen atoms in total. The maximum atomic E-state index is 12.0. The molecule has 0 radical (unpaired) electrons. The van der Waals surface area contributed by atoms with Crippen molar-refractivity contribution in [2.45, 2.75) is 6.42 Å². The third-order valence-corrected chi connectivity index (χ3v) is 3.67. The minimum Gasteiger partial charge on any atom is -0.385 e. The molecule has 0 fully saturated rings. The number of methoxy groups -OCH3 is 1. The Balaban J connectivity index is 2.34. The maximum Gasteiger partial charge on any atom is 0.257 e. The van der Waals surface area contributed by atoms with Crippen molar-refractivity contribution in [2.75, 3.05) is 33.9 Å². The molecule has 0 bridgehead atoms. The molecule has 0 aliphatic rings. The normalized spacial score (nSPS) is 9.96. The first-order valence-electron chi connectivity index (χ1n) is 7.28. The van der Waals surface area contributed by atoms with Crippen LogP contribution in [0.25, 0.3) is 0 Å². The highest BCUT2D eigenvalue weighted by molar-refractivity contribution is 7.80. The lowest BCUT2D eigenvalue weighted by Gasteiger charge is -2.21. The molecule has 132 valence electrons. The summed E-state index contributed by atoms with van der Waals surface area (Å²) >= 11 is 11.1. The van der Waals surface area contributed by atoms with Gasteiger partial charge in [0, 0.05) is 27.3 Å². The Bertz CT molecular complexity index is 586. The van der Waals surface area contributed by atoms with Crippen molar-refractivity contribution in [3.63, 3.8) is 0 Å². The van der Waals surface area contributed by atoms with E-state index in [1.54, 1.807) is 38.4 Å². The van der Waals surface area contributed by atoms with Gasteiger partial charge in [-0.1, -0.05) is 23.7 Å². The quantitative estimate of drug-likeness (QED) is 0.375. The molecule has 0 aliphatic heterocycles. The smallest absolute Gasteiger partial charge is 0.257 e. The number of hydrogen-bond donors (Lipinski definition) is 3. The second-order valence-electron chi connectivity index (χ2n) is 4.83. The molecule has 0 atom stereocenters. The molecule has 3 N–H and O–H groups in total. The van der Waals surface area contributed by atoms with E-state index in [4.69, 9.17) is 28.6 Å². The Morgan fingerprint density at radius 3 is 2.67 bits per heavy atom. The molecule has 0 saturated carbocycles. The van der Waals surface area contributed by atoms with Gasteiger partial charge in [0.15, 0.2) is 5.11 Å². The molecule has 0 aliphatic carbocycles. The monoisotopic (exact) mass is 372 g/mol. The molecule has 0 aromatic heterocycles. The summed E-state index contributed by atoms with van der Waals surface area (Å²) < 4.78 is 4.93. The molecule has 9 heteroatoms. The third kappa shape index (κ3) is 7.12. The Kier molecular flexibility index (Phi) is 9.06. The molecule has 1 aromatic rings. The van der Waals surface area contributed by atoms with E-state index in [-0.39, 0.29) is 6.54 Å². The van der Waals surface area contributed by atoms with Crippen LogP contribution >= 0.6 is 23.8 Å². The van der Waals surface area contributed by atoms with Gasteiger partial charge in [-0.25, -0.2) is 0 Å². The highest BCUT2D eigenvalue weighted by atomic mass is 35.5. The largest absolute Gasteiger partial charge is 0.385 e. The molecule has 1 aromatic carbocycles. The van der Waals surface area contributed by atoms with E-state index < -0.39 is 11.8 Å². The van der Waals surface area contributed by atoms with Gasteiger partial charge in [0.2, 0.25) is 0 Å². The molecule has 0 heterocycles. The molecule has 0 spiro atoms. The lowest BCUT2D eigenvalue weighted by molar-refractivity contribution is -0.122. The average Bonchev–Trinajstić information content (AvgIpc) is 2.56. The molecule has 0 unspecified atom stereocenters. The number of nitrogens with one attached hydrogen (secondary N) is 3. The van der Waals surface area contributed by atoms with Crippen molar-refractivity contribution >= 4 is 40.7 Å². The van der Waals surface area contributed by atoms with Gasteiger partial charge in [-0.2, -0.15) is 0 Å². The first-order chi connectivity index (χ1) is 11.5. The summed E-state index contributed by atoms with van der Waals surface area (Å²) in [7, 11) is 3.24. The van der Waals surface area contributed by atoms with Crippen LogP contribution < -0.4 is 16.1 Å². The standard InChI is InChI=1S/C15H21ClN4O3S/c1-20(15(24)17-8-5-9-23-2)19-13(21)10-18-14(22)11-6-3-4-7-12(11)16/h3-4,6-7H,5,8-10H2,1-2H3,(H,17,24)(H,18,22)(H,19,21). The van der Waals surface area contributed by atoms with Crippen LogP contribution in [0.4, 0.5) is 0 Å². The first kappa shape index (κ1) is 20.1. The van der Waals surface area contributed by atoms with Crippen molar-refractivity contribution in [3.05, 3.63) is 34.9 Å². The summed E-state index contributed by atoms with van der Waals surface area (Å²) in [5.41, 5.74) is 2.87. The van der Waals surface area contributed by atoms with E-state index in [2.05, 4.69) is 16.1 Å². The number of hydrogen-bond acceptors (Lipinski definition) is 4. The van der Waals surface area contributed by atoms with Crippen LogP contribution in [-0.2, 0) is 9.53 Å². The lowest BCUT2D eigenvalue weighted by atomic mass is 10.2. The third-order valence-electron chi connectivity index (χ3n) is 2.93. The van der Waals surface area contributed by atoms with Crippen molar-refractivity contribution in [3.8, 4) is 0 Å². The van der Waals surface area contributed by atoms with Crippen LogP contribution in [0.2, 0.25) is 5.02 Å². The summed E-state index contributed by atoms with van der Waals surface area (Å²) in [5.74, 6) is -0.822. The Hall–Kier alpha value is -1.90. The topological polar surface area (TPSA) is 82.7 Å². The summed E-state index contributed by atoms with van der Waals surface area (Å²) in [5, 5.41) is 7.56. The van der Waals surface area contributed by atoms with E-state index in [0.717, 1.165) is 6.42 Å². The number of nitrogens with zero attached hydrogens (tertiary/aromatic N) is 1. The minimum absolute atomic E-state index is 0.194. The fraction of sp³-hybridized carbons (Fsp3) is 0.400. The average molecular weight is 373 g/mol. The Morgan fingerprint density at radius 2 is 2.00 bits per heavy atom. The fourth-order valence-corrected chi connectivity index (χ4v) is 2.08. The van der Waals surface area contributed by atoms with E-state index in [1.165, 1.54) is 5.01 Å². The van der Waals surface area contributed by atoms with Crippen LogP contribution in [0.15, 0.2) is 24.3 Å². The van der Waals surface area contributed by atoms with E-state index in [9.17, 15) is 9.59 Å². The fourth-order valence-electron chi connectivity index (χ4n) is 1.71. The molecular formula is C15H21ClN4O3S. The summed E-state index contributed by atoms with van der Waals surface area (Å²) in [6, 6.07) is 6.61. The summed E-state index contributed by atoms with van der Waals surface area (Å²) in [6.45, 7) is 1.07. The predicted octanol–water partition coefficient (Wildman–Crippen LogP) is 0.944. The second kappa shape index (κ2) is 10.8. The summed E-state index contributed by atoms with van der Waals surface area (Å²) in [4.78, 5) is 23.8. The van der Waals surface area contributed by atoms with Gasteiger partial charge >= 0.3 is 0 Å². The van der Waals surface area contributed by atoms with Gasteiger partial charge in [-0.05, 0) is 30.8 Å². The predicted molar refractivity (Wildman–Crippen MR) is 96.8 cm³/mol. The van der Waals surface area contributed by atoms with Crippen LogP contribution in [0.1, 0.15) is 16.8 Å². The van der Waals surface area contributed by atoms with Gasteiger partial charge in [-0.15, -0.1) is 0 Å². The van der Waals surface area contributed by atoms with Gasteiger partial charge in [0.05, 0.1) is 17.1 Å². The van der Waals surface area contributed by atoms with Gasteiger partial charge in [-0.3, -0.25) is 20.0 Å². The Labute approximate surface area is 151 Å². The maximum absolute atomic E-state index is 12.0. The van der Waals surface area contributed by atoms with Gasteiger partial charge < -0.3 is 15.4 Å². The van der Waals surface area contributed by atoms with E-state index >= 15 is 0 Å². The molecule has 24 heavy (non-hydrogen) atoms. The highest BCUT2D eigenvalue weighted by Gasteiger charge is 2.12. The molecular weight excluding hydrogens is 352 g/mol. The first-order valence-corrected chi connectivity index (χ1v) is 8.07. The zero-order chi connectivity index (χ0) is 17.9. The zero-order valence-electron chi connectivity index (χ0n) is 13.6. The zero-order valence-corrected chi connectivity index (χ0v) is 15.2. The molecule has 0 saturated heterocycles. The van der Waals surface area contributed by atoms with Crippen molar-refractivity contribution in [2.24, 2.45) is 0 Å². The van der Waals surface area contributed by atoms with Gasteiger partial charge in [0.25, 0.3) is 11.8 Å². The number of rotatable bonds is 7. The molecule has 2 amide bonds. The lowest BCUT2D eigenvalue weighted by Crippen LogP contribution is -2.50. The van der Waals surface area contributed by atoms with E-state index in [0.29, 0.717) is 28.9 Å². The van der Waals surface area contributed by atoms with Crippen LogP contribution in [0.3, 0.4) is 0 Å². The second-order valence-corrected chi connectivity index (χ2v) is 5.63. The van der Waals surface area contributed by atoms with Gasteiger partial charge in [0.1, 0.15) is 0 Å². The number of benzene rings is 1. The number of ether oxygens (including phenoxy) is 1. The number of hydrazine groups is 1. The SMILES string of the molecule is COCCCNC(=S)N(C)NC(=O)CNC(=O)c1ccccc1Cl. The number of amides is 2. The highest BCUT2D eigenvalue weighted by Crippen LogP contribution is 2.14. The minimum atomic E-state index is -0.418. The number of halogens is 1. The number of carbonyl (C=O) groups is 2. The van der Waals surface area contributed by atoms with Crippen molar-refractivity contribution < 1.29 is 14.3 Å². The van der Waals surface area contributed by atoms with E-state index in [1.807, 2.05) is 0 Å². The number of thiocarbonyl (C=S) groups is 1. The van der Waals surface area contributed by atoms with Crippen LogP contribution in [0.5, 0.6) is 0 Å². The van der Waals surface area contributed by atoms with Crippen molar-refractivity contribution in [1.82, 2.24) is 21.1 Å². The Morgan fingerprint density at radius 1 is 1.29 bits per heavy atom.